The van der Waals surface area contributed by atoms with Gasteiger partial charge in [0.15, 0.2) is 29.6 Å². The molecule has 150 valence electrons. The minimum absolute atomic E-state index is 0.0772. The third-order valence-corrected chi connectivity index (χ3v) is 4.79. The van der Waals surface area contributed by atoms with Crippen LogP contribution in [-0.4, -0.2) is 52.4 Å². The Morgan fingerprint density at radius 2 is 1.54 bits per heavy atom. The highest BCUT2D eigenvalue weighted by Gasteiger charge is 2.23. The van der Waals surface area contributed by atoms with Crippen LogP contribution in [-0.2, 0) is 17.8 Å². The minimum atomic E-state index is -0.0923. The molecular formula is C21H25NO6. The average Bonchev–Trinajstić information content (AvgIpc) is 2.75. The molecule has 0 unspecified atom stereocenters. The van der Waals surface area contributed by atoms with Crippen LogP contribution in [0.5, 0.6) is 28.7 Å². The van der Waals surface area contributed by atoms with Gasteiger partial charge in [-0.2, -0.15) is 0 Å². The Hall–Kier alpha value is -3.09. The monoisotopic (exact) mass is 387 g/mol. The van der Waals surface area contributed by atoms with E-state index >= 15 is 0 Å². The molecule has 0 fully saturated rings. The van der Waals surface area contributed by atoms with E-state index in [9.17, 15) is 4.79 Å². The van der Waals surface area contributed by atoms with Crippen LogP contribution in [0.15, 0.2) is 30.3 Å². The Balaban J connectivity index is 1.69. The Kier molecular flexibility index (Phi) is 6.13. The molecule has 3 rings (SSSR count). The highest BCUT2D eigenvalue weighted by Crippen LogP contribution is 2.37. The Morgan fingerprint density at radius 1 is 0.893 bits per heavy atom. The van der Waals surface area contributed by atoms with Crippen molar-refractivity contribution in [1.82, 2.24) is 4.90 Å². The van der Waals surface area contributed by atoms with E-state index in [1.54, 1.807) is 44.4 Å². The molecular weight excluding hydrogens is 362 g/mol. The van der Waals surface area contributed by atoms with E-state index in [4.69, 9.17) is 23.7 Å². The molecule has 0 saturated carbocycles. The van der Waals surface area contributed by atoms with Crippen molar-refractivity contribution >= 4 is 5.91 Å². The molecule has 28 heavy (non-hydrogen) atoms. The SMILES string of the molecule is COc1cc2c(cc1OC)CN(C(=O)COc1cccc(OC)c1OC)CC2. The fourth-order valence-corrected chi connectivity index (χ4v) is 3.30. The Morgan fingerprint density at radius 3 is 2.18 bits per heavy atom. The standard InChI is InChI=1S/C21H25NO6/c1-24-16-6-5-7-17(21(16)27-4)28-13-20(23)22-9-8-14-10-18(25-2)19(26-3)11-15(14)12-22/h5-7,10-11H,8-9,12-13H2,1-4H3. The minimum Gasteiger partial charge on any atom is -0.493 e. The summed E-state index contributed by atoms with van der Waals surface area (Å²) in [6.45, 7) is 1.05. The summed E-state index contributed by atoms with van der Waals surface area (Å²) >= 11 is 0. The van der Waals surface area contributed by atoms with Gasteiger partial charge in [-0.3, -0.25) is 4.79 Å². The number of methoxy groups -OCH3 is 4. The van der Waals surface area contributed by atoms with Crippen molar-refractivity contribution in [3.63, 3.8) is 0 Å². The van der Waals surface area contributed by atoms with E-state index in [-0.39, 0.29) is 12.5 Å². The van der Waals surface area contributed by atoms with Crippen molar-refractivity contribution in [2.24, 2.45) is 0 Å². The van der Waals surface area contributed by atoms with Crippen molar-refractivity contribution in [3.05, 3.63) is 41.5 Å². The number of carbonyl (C=O) groups excluding carboxylic acids is 1. The Bertz CT molecular complexity index is 851. The molecule has 1 aliphatic heterocycles. The maximum Gasteiger partial charge on any atom is 0.260 e. The predicted octanol–water partition coefficient (Wildman–Crippen LogP) is 2.68. The van der Waals surface area contributed by atoms with Gasteiger partial charge in [-0.25, -0.2) is 0 Å². The summed E-state index contributed by atoms with van der Waals surface area (Å²) in [6.07, 6.45) is 0.754. The van der Waals surface area contributed by atoms with Crippen LogP contribution >= 0.6 is 0 Å². The average molecular weight is 387 g/mol. The third kappa shape index (κ3) is 3.93. The second-order valence-corrected chi connectivity index (χ2v) is 6.32. The number of amides is 1. The number of benzene rings is 2. The van der Waals surface area contributed by atoms with E-state index in [1.807, 2.05) is 12.1 Å². The lowest BCUT2D eigenvalue weighted by molar-refractivity contribution is -0.134. The third-order valence-electron chi connectivity index (χ3n) is 4.79. The molecule has 0 bridgehead atoms. The fourth-order valence-electron chi connectivity index (χ4n) is 3.30. The molecule has 0 spiro atoms. The van der Waals surface area contributed by atoms with Crippen LogP contribution < -0.4 is 23.7 Å². The van der Waals surface area contributed by atoms with Gasteiger partial charge in [0.2, 0.25) is 5.75 Å². The number of fused-ring (bicyclic) bond motifs is 1. The molecule has 0 radical (unpaired) electrons. The quantitative estimate of drug-likeness (QED) is 0.728. The molecule has 0 atom stereocenters. The lowest BCUT2D eigenvalue weighted by Crippen LogP contribution is -2.38. The summed E-state index contributed by atoms with van der Waals surface area (Å²) in [5.74, 6) is 2.77. The first-order valence-corrected chi connectivity index (χ1v) is 8.96. The second-order valence-electron chi connectivity index (χ2n) is 6.32. The number of para-hydroxylation sites is 1. The number of carbonyl (C=O) groups is 1. The number of ether oxygens (including phenoxy) is 5. The van der Waals surface area contributed by atoms with Gasteiger partial charge in [0.25, 0.3) is 5.91 Å². The van der Waals surface area contributed by atoms with Crippen molar-refractivity contribution < 1.29 is 28.5 Å². The number of nitrogens with zero attached hydrogens (tertiary/aromatic N) is 1. The van der Waals surface area contributed by atoms with Crippen molar-refractivity contribution in [1.29, 1.82) is 0 Å². The normalized spacial score (nSPS) is 12.8. The van der Waals surface area contributed by atoms with Crippen LogP contribution in [0.3, 0.4) is 0 Å². The fraction of sp³-hybridized carbons (Fsp3) is 0.381. The molecule has 0 saturated heterocycles. The number of rotatable bonds is 7. The largest absolute Gasteiger partial charge is 0.493 e. The van der Waals surface area contributed by atoms with Crippen LogP contribution in [0.1, 0.15) is 11.1 Å². The van der Waals surface area contributed by atoms with Crippen molar-refractivity contribution in [2.45, 2.75) is 13.0 Å². The van der Waals surface area contributed by atoms with Gasteiger partial charge in [0.05, 0.1) is 28.4 Å². The Labute approximate surface area is 164 Å². The molecule has 1 amide bonds. The maximum absolute atomic E-state index is 12.7. The van der Waals surface area contributed by atoms with Crippen LogP contribution in [0.4, 0.5) is 0 Å². The van der Waals surface area contributed by atoms with Gasteiger partial charge < -0.3 is 28.6 Å². The predicted molar refractivity (Wildman–Crippen MR) is 104 cm³/mol. The van der Waals surface area contributed by atoms with E-state index in [1.165, 1.54) is 7.11 Å². The van der Waals surface area contributed by atoms with Crippen molar-refractivity contribution in [2.75, 3.05) is 41.6 Å². The highest BCUT2D eigenvalue weighted by atomic mass is 16.5. The van der Waals surface area contributed by atoms with E-state index in [2.05, 4.69) is 0 Å². The van der Waals surface area contributed by atoms with E-state index in [0.29, 0.717) is 41.8 Å². The lowest BCUT2D eigenvalue weighted by Gasteiger charge is -2.29. The van der Waals surface area contributed by atoms with Gasteiger partial charge in [0.1, 0.15) is 0 Å². The van der Waals surface area contributed by atoms with Gasteiger partial charge in [-0.15, -0.1) is 0 Å². The first-order valence-electron chi connectivity index (χ1n) is 8.96. The molecule has 7 nitrogen and oxygen atoms in total. The maximum atomic E-state index is 12.7. The molecule has 2 aromatic carbocycles. The topological polar surface area (TPSA) is 66.5 Å². The smallest absolute Gasteiger partial charge is 0.260 e. The van der Waals surface area contributed by atoms with Gasteiger partial charge in [-0.1, -0.05) is 6.07 Å². The highest BCUT2D eigenvalue weighted by molar-refractivity contribution is 5.78. The summed E-state index contributed by atoms with van der Waals surface area (Å²) in [7, 11) is 6.31. The number of hydrogen-bond donors (Lipinski definition) is 0. The van der Waals surface area contributed by atoms with Crippen LogP contribution in [0, 0.1) is 0 Å². The van der Waals surface area contributed by atoms with Crippen molar-refractivity contribution in [3.8, 4) is 28.7 Å². The first-order chi connectivity index (χ1) is 13.6. The van der Waals surface area contributed by atoms with E-state index in [0.717, 1.165) is 17.5 Å². The molecule has 1 aliphatic rings. The summed E-state index contributed by atoms with van der Waals surface area (Å²) in [6, 6.07) is 9.22. The van der Waals surface area contributed by atoms with Crippen LogP contribution in [0.25, 0.3) is 0 Å². The zero-order chi connectivity index (χ0) is 20.1. The van der Waals surface area contributed by atoms with Crippen LogP contribution in [0.2, 0.25) is 0 Å². The molecule has 0 aliphatic carbocycles. The summed E-state index contributed by atoms with van der Waals surface area (Å²) < 4.78 is 27.0. The molecule has 1 heterocycles. The zero-order valence-electron chi connectivity index (χ0n) is 16.6. The molecule has 7 heteroatoms. The first kappa shape index (κ1) is 19.7. The summed E-state index contributed by atoms with van der Waals surface area (Å²) in [5, 5.41) is 0. The number of hydrogen-bond acceptors (Lipinski definition) is 6. The van der Waals surface area contributed by atoms with E-state index < -0.39 is 0 Å². The summed E-state index contributed by atoms with van der Waals surface area (Å²) in [4.78, 5) is 14.5. The van der Waals surface area contributed by atoms with Gasteiger partial charge in [0, 0.05) is 13.1 Å². The van der Waals surface area contributed by atoms with Gasteiger partial charge >= 0.3 is 0 Å². The lowest BCUT2D eigenvalue weighted by atomic mass is 9.99. The molecule has 0 N–H and O–H groups in total. The second kappa shape index (κ2) is 8.73. The molecule has 0 aromatic heterocycles. The summed E-state index contributed by atoms with van der Waals surface area (Å²) in [5.41, 5.74) is 2.22. The molecule has 2 aromatic rings. The van der Waals surface area contributed by atoms with Gasteiger partial charge in [-0.05, 0) is 41.8 Å². The zero-order valence-corrected chi connectivity index (χ0v) is 16.6.